The number of rotatable bonds is 7. The number of likely N-dealkylation sites (N-methyl/N-ethyl adjacent to an activating group) is 1. The van der Waals surface area contributed by atoms with E-state index in [0.717, 1.165) is 18.8 Å². The molecule has 40 heavy (non-hydrogen) atoms. The van der Waals surface area contributed by atoms with Crippen LogP contribution in [0.2, 0.25) is 0 Å². The van der Waals surface area contributed by atoms with Gasteiger partial charge < -0.3 is 20.4 Å². The van der Waals surface area contributed by atoms with Gasteiger partial charge in [-0.3, -0.25) is 4.90 Å². The molecule has 4 aromatic rings. The molecule has 0 saturated carbocycles. The number of piperidine rings is 1. The molecular formula is C30H34FN9. The van der Waals surface area contributed by atoms with Crippen LogP contribution in [0.15, 0.2) is 73.1 Å². The topological polar surface area (TPSA) is 85.3 Å². The van der Waals surface area contributed by atoms with Crippen molar-refractivity contribution in [2.45, 2.75) is 18.9 Å². The van der Waals surface area contributed by atoms with E-state index in [1.165, 1.54) is 50.8 Å². The van der Waals surface area contributed by atoms with Crippen molar-refractivity contribution in [3.63, 3.8) is 0 Å². The lowest BCUT2D eigenvalue weighted by Crippen LogP contribution is -2.52. The van der Waals surface area contributed by atoms with E-state index in [0.29, 0.717) is 35.0 Å². The molecule has 2 N–H and O–H groups in total. The van der Waals surface area contributed by atoms with Gasteiger partial charge in [0.2, 0.25) is 5.95 Å². The molecule has 2 aliphatic heterocycles. The number of anilines is 5. The maximum Gasteiger partial charge on any atom is 0.229 e. The van der Waals surface area contributed by atoms with E-state index >= 15 is 0 Å². The van der Waals surface area contributed by atoms with Gasteiger partial charge >= 0.3 is 0 Å². The molecule has 0 atom stereocenters. The van der Waals surface area contributed by atoms with E-state index in [9.17, 15) is 4.39 Å². The largest absolute Gasteiger partial charge is 0.371 e. The van der Waals surface area contributed by atoms with Crippen molar-refractivity contribution < 1.29 is 4.39 Å². The van der Waals surface area contributed by atoms with Crippen LogP contribution in [-0.4, -0.2) is 82.1 Å². The first-order chi connectivity index (χ1) is 19.6. The zero-order valence-corrected chi connectivity index (χ0v) is 22.7. The van der Waals surface area contributed by atoms with Crippen molar-refractivity contribution in [2.75, 3.05) is 61.8 Å². The monoisotopic (exact) mass is 539 g/mol. The summed E-state index contributed by atoms with van der Waals surface area (Å²) in [6.45, 7) is 6.90. The van der Waals surface area contributed by atoms with Gasteiger partial charge in [-0.15, -0.1) is 0 Å². The smallest absolute Gasteiger partial charge is 0.229 e. The predicted molar refractivity (Wildman–Crippen MR) is 157 cm³/mol. The van der Waals surface area contributed by atoms with Crippen molar-refractivity contribution in [1.29, 1.82) is 0 Å². The Balaban J connectivity index is 1.05. The number of hydrogen-bond donors (Lipinski definition) is 2. The number of hydrogen-bond acceptors (Lipinski definition) is 9. The highest BCUT2D eigenvalue weighted by Crippen LogP contribution is 2.26. The molecule has 2 aromatic carbocycles. The number of aromatic nitrogens is 4. The van der Waals surface area contributed by atoms with Gasteiger partial charge in [-0.25, -0.2) is 19.3 Å². The standard InChI is InChI=1S/C30H34FN9/c1-38-18-20-40(21-19-38)24-12-16-39(17-13-24)23-8-6-22(7-9-23)34-30-33-15-11-28(37-30)35-27-10-14-32-29(36-27)25-4-2-3-5-26(25)31/h2-11,14-15,24H,12-13,16-21H2,1H3,(H2,32,33,34,35,36,37). The van der Waals surface area contributed by atoms with Gasteiger partial charge in [0, 0.05) is 69.1 Å². The Morgan fingerprint density at radius 3 is 2.20 bits per heavy atom. The van der Waals surface area contributed by atoms with Crippen LogP contribution in [0.5, 0.6) is 0 Å². The Bertz CT molecular complexity index is 1410. The molecule has 0 spiro atoms. The summed E-state index contributed by atoms with van der Waals surface area (Å²) in [6.07, 6.45) is 5.69. The summed E-state index contributed by atoms with van der Waals surface area (Å²) in [5.74, 6) is 1.48. The minimum absolute atomic E-state index is 0.305. The number of nitrogens with one attached hydrogen (secondary N) is 2. The Morgan fingerprint density at radius 1 is 0.750 bits per heavy atom. The summed E-state index contributed by atoms with van der Waals surface area (Å²) in [7, 11) is 2.21. The molecule has 0 amide bonds. The molecule has 4 heterocycles. The van der Waals surface area contributed by atoms with E-state index in [-0.39, 0.29) is 5.82 Å². The molecule has 0 aliphatic carbocycles. The average molecular weight is 540 g/mol. The van der Waals surface area contributed by atoms with Crippen LogP contribution in [0.25, 0.3) is 11.4 Å². The summed E-state index contributed by atoms with van der Waals surface area (Å²) in [5, 5.41) is 6.45. The Kier molecular flexibility index (Phi) is 7.78. The molecule has 0 radical (unpaired) electrons. The number of nitrogens with zero attached hydrogens (tertiary/aromatic N) is 7. The lowest BCUT2D eigenvalue weighted by molar-refractivity contribution is 0.0982. The maximum absolute atomic E-state index is 14.2. The first-order valence-electron chi connectivity index (χ1n) is 13.8. The average Bonchev–Trinajstić information content (AvgIpc) is 2.99. The molecule has 2 aliphatic rings. The van der Waals surface area contributed by atoms with E-state index in [4.69, 9.17) is 0 Å². The Labute approximate surface area is 234 Å². The van der Waals surface area contributed by atoms with E-state index in [2.05, 4.69) is 76.6 Å². The molecule has 10 heteroatoms. The third-order valence-corrected chi connectivity index (χ3v) is 7.69. The summed E-state index contributed by atoms with van der Waals surface area (Å²) >= 11 is 0. The van der Waals surface area contributed by atoms with Crippen molar-refractivity contribution in [1.82, 2.24) is 29.7 Å². The Hall–Kier alpha value is -4.15. The zero-order chi connectivity index (χ0) is 27.3. The SMILES string of the molecule is CN1CCN(C2CCN(c3ccc(Nc4nccc(Nc5ccnc(-c6ccccc6F)n5)n4)cc3)CC2)CC1. The van der Waals surface area contributed by atoms with E-state index in [1.807, 2.05) is 0 Å². The first kappa shape index (κ1) is 26.1. The highest BCUT2D eigenvalue weighted by Gasteiger charge is 2.26. The number of benzene rings is 2. The lowest BCUT2D eigenvalue weighted by Gasteiger charge is -2.42. The molecule has 0 unspecified atom stereocenters. The van der Waals surface area contributed by atoms with Crippen molar-refractivity contribution >= 4 is 29.0 Å². The third-order valence-electron chi connectivity index (χ3n) is 7.69. The van der Waals surface area contributed by atoms with Crippen LogP contribution in [0.1, 0.15) is 12.8 Å². The molecule has 0 bridgehead atoms. The highest BCUT2D eigenvalue weighted by atomic mass is 19.1. The molecule has 2 aromatic heterocycles. The van der Waals surface area contributed by atoms with Crippen molar-refractivity contribution in [2.24, 2.45) is 0 Å². The van der Waals surface area contributed by atoms with Crippen LogP contribution in [0.4, 0.5) is 33.3 Å². The summed E-state index contributed by atoms with van der Waals surface area (Å²) in [5.41, 5.74) is 2.50. The number of halogens is 1. The Morgan fingerprint density at radius 2 is 1.45 bits per heavy atom. The fourth-order valence-electron chi connectivity index (χ4n) is 5.38. The van der Waals surface area contributed by atoms with Gasteiger partial charge in [0.05, 0.1) is 5.56 Å². The predicted octanol–water partition coefficient (Wildman–Crippen LogP) is 4.78. The van der Waals surface area contributed by atoms with Gasteiger partial charge in [0.25, 0.3) is 0 Å². The van der Waals surface area contributed by atoms with E-state index in [1.54, 1.807) is 42.7 Å². The normalized spacial score (nSPS) is 17.1. The second kappa shape index (κ2) is 11.9. The quantitative estimate of drug-likeness (QED) is 0.345. The van der Waals surface area contributed by atoms with Crippen LogP contribution in [-0.2, 0) is 0 Å². The molecule has 9 nitrogen and oxygen atoms in total. The number of piperazine rings is 1. The van der Waals surface area contributed by atoms with Gasteiger partial charge in [-0.1, -0.05) is 12.1 Å². The second-order valence-corrected chi connectivity index (χ2v) is 10.4. The third kappa shape index (κ3) is 6.19. The summed E-state index contributed by atoms with van der Waals surface area (Å²) in [4.78, 5) is 25.2. The minimum atomic E-state index is -0.366. The summed E-state index contributed by atoms with van der Waals surface area (Å²) < 4.78 is 14.2. The molecule has 2 fully saturated rings. The molecular weight excluding hydrogens is 505 g/mol. The first-order valence-corrected chi connectivity index (χ1v) is 13.8. The van der Waals surface area contributed by atoms with Crippen LogP contribution in [0, 0.1) is 5.82 Å². The molecule has 6 rings (SSSR count). The zero-order valence-electron chi connectivity index (χ0n) is 22.7. The molecule has 206 valence electrons. The minimum Gasteiger partial charge on any atom is -0.371 e. The van der Waals surface area contributed by atoms with Crippen LogP contribution in [0.3, 0.4) is 0 Å². The van der Waals surface area contributed by atoms with Gasteiger partial charge in [-0.05, 0) is 68.4 Å². The van der Waals surface area contributed by atoms with Crippen LogP contribution < -0.4 is 15.5 Å². The molecule has 2 saturated heterocycles. The van der Waals surface area contributed by atoms with Crippen LogP contribution >= 0.6 is 0 Å². The highest BCUT2D eigenvalue weighted by molar-refractivity contribution is 5.62. The maximum atomic E-state index is 14.2. The fraction of sp³-hybridized carbons (Fsp3) is 0.333. The van der Waals surface area contributed by atoms with Crippen molar-refractivity contribution in [3.8, 4) is 11.4 Å². The van der Waals surface area contributed by atoms with Gasteiger partial charge in [0.1, 0.15) is 17.5 Å². The van der Waals surface area contributed by atoms with Gasteiger partial charge in [-0.2, -0.15) is 4.98 Å². The van der Waals surface area contributed by atoms with Gasteiger partial charge in [0.15, 0.2) is 5.82 Å². The fourth-order valence-corrected chi connectivity index (χ4v) is 5.38. The lowest BCUT2D eigenvalue weighted by atomic mass is 10.0. The second-order valence-electron chi connectivity index (χ2n) is 10.4. The van der Waals surface area contributed by atoms with E-state index < -0.39 is 0 Å². The summed E-state index contributed by atoms with van der Waals surface area (Å²) in [6, 6.07) is 19.1. The van der Waals surface area contributed by atoms with Crippen molar-refractivity contribution in [3.05, 3.63) is 78.9 Å².